The number of ether oxygens (including phenoxy) is 1. The molecule has 0 bridgehead atoms. The number of aromatic nitrogens is 1. The first kappa shape index (κ1) is 12.0. The summed E-state index contributed by atoms with van der Waals surface area (Å²) in [5.74, 6) is 0. The molecule has 16 heavy (non-hydrogen) atoms. The summed E-state index contributed by atoms with van der Waals surface area (Å²) in [4.78, 5) is 6.02. The average molecular weight is 240 g/mol. The molecule has 1 fully saturated rings. The molecular formula is C12H20N2OS. The maximum atomic E-state index is 6.49. The van der Waals surface area contributed by atoms with E-state index in [0.717, 1.165) is 43.9 Å². The van der Waals surface area contributed by atoms with E-state index in [9.17, 15) is 0 Å². The van der Waals surface area contributed by atoms with Gasteiger partial charge in [-0.2, -0.15) is 0 Å². The average Bonchev–Trinajstić information content (AvgIpc) is 2.51. The number of rotatable bonds is 2. The number of hydrogen-bond acceptors (Lipinski definition) is 4. The van der Waals surface area contributed by atoms with Gasteiger partial charge in [-0.3, -0.25) is 0 Å². The molecular weight excluding hydrogens is 220 g/mol. The third kappa shape index (κ3) is 2.29. The maximum absolute atomic E-state index is 6.49. The third-order valence-electron chi connectivity index (χ3n) is 3.26. The Morgan fingerprint density at radius 1 is 1.44 bits per heavy atom. The molecule has 2 heterocycles. The number of thiazole rings is 1. The minimum Gasteiger partial charge on any atom is -0.381 e. The molecule has 1 aliphatic rings. The van der Waals surface area contributed by atoms with Gasteiger partial charge in [-0.15, -0.1) is 11.3 Å². The van der Waals surface area contributed by atoms with Crippen LogP contribution in [0.1, 0.15) is 41.8 Å². The Kier molecular flexibility index (Phi) is 3.62. The number of nitrogens with zero attached hydrogens (tertiary/aromatic N) is 1. The zero-order valence-corrected chi connectivity index (χ0v) is 10.9. The van der Waals surface area contributed by atoms with Crippen molar-refractivity contribution in [1.29, 1.82) is 0 Å². The number of nitrogens with two attached hydrogens (primary N) is 1. The van der Waals surface area contributed by atoms with Crippen molar-refractivity contribution in [2.45, 2.75) is 45.1 Å². The number of aryl methyl sites for hydroxylation is 2. The van der Waals surface area contributed by atoms with Gasteiger partial charge in [-0.1, -0.05) is 6.92 Å². The first-order valence-electron chi connectivity index (χ1n) is 5.99. The highest BCUT2D eigenvalue weighted by Gasteiger charge is 2.32. The molecule has 4 heteroatoms. The van der Waals surface area contributed by atoms with Crippen LogP contribution in [-0.2, 0) is 16.7 Å². The fourth-order valence-corrected chi connectivity index (χ4v) is 3.31. The summed E-state index contributed by atoms with van der Waals surface area (Å²) in [5, 5.41) is 1.10. The first-order valence-corrected chi connectivity index (χ1v) is 6.81. The molecule has 2 rings (SSSR count). The summed E-state index contributed by atoms with van der Waals surface area (Å²) in [6.45, 7) is 5.88. The lowest BCUT2D eigenvalue weighted by molar-refractivity contribution is 0.139. The fourth-order valence-electron chi connectivity index (χ4n) is 2.15. The summed E-state index contributed by atoms with van der Waals surface area (Å²) in [6.07, 6.45) is 3.91. The molecule has 1 saturated heterocycles. The standard InChI is InChI=1S/C12H20N2OS/c1-3-10-9(2)16-11(14-10)12(13)5-4-7-15-8-6-12/h3-8,13H2,1-2H3. The van der Waals surface area contributed by atoms with E-state index in [-0.39, 0.29) is 5.54 Å². The lowest BCUT2D eigenvalue weighted by Crippen LogP contribution is -2.36. The van der Waals surface area contributed by atoms with Crippen molar-refractivity contribution in [2.75, 3.05) is 13.2 Å². The van der Waals surface area contributed by atoms with Crippen LogP contribution in [0.2, 0.25) is 0 Å². The summed E-state index contributed by atoms with van der Waals surface area (Å²) >= 11 is 1.76. The van der Waals surface area contributed by atoms with Gasteiger partial charge in [0.2, 0.25) is 0 Å². The molecule has 0 amide bonds. The Bertz CT molecular complexity index is 354. The molecule has 90 valence electrons. The molecule has 3 nitrogen and oxygen atoms in total. The highest BCUT2D eigenvalue weighted by atomic mass is 32.1. The minimum atomic E-state index is -0.251. The van der Waals surface area contributed by atoms with Gasteiger partial charge in [-0.05, 0) is 32.6 Å². The van der Waals surface area contributed by atoms with E-state index in [1.165, 1.54) is 10.6 Å². The molecule has 0 radical (unpaired) electrons. The number of hydrogen-bond donors (Lipinski definition) is 1. The van der Waals surface area contributed by atoms with Crippen LogP contribution >= 0.6 is 11.3 Å². The Labute approximate surface area is 101 Å². The summed E-state index contributed by atoms with van der Waals surface area (Å²) in [6, 6.07) is 0. The summed E-state index contributed by atoms with van der Waals surface area (Å²) in [7, 11) is 0. The minimum absolute atomic E-state index is 0.251. The molecule has 0 saturated carbocycles. The van der Waals surface area contributed by atoms with Crippen molar-refractivity contribution in [1.82, 2.24) is 4.98 Å². The Hall–Kier alpha value is -0.450. The van der Waals surface area contributed by atoms with E-state index in [2.05, 4.69) is 13.8 Å². The highest BCUT2D eigenvalue weighted by Crippen LogP contribution is 2.33. The van der Waals surface area contributed by atoms with Crippen molar-refractivity contribution < 1.29 is 4.74 Å². The van der Waals surface area contributed by atoms with Crippen molar-refractivity contribution in [3.8, 4) is 0 Å². The van der Waals surface area contributed by atoms with Gasteiger partial charge in [0.1, 0.15) is 5.01 Å². The van der Waals surface area contributed by atoms with Gasteiger partial charge in [0.05, 0.1) is 11.2 Å². The van der Waals surface area contributed by atoms with Gasteiger partial charge in [0.25, 0.3) is 0 Å². The Balaban J connectivity index is 2.26. The Morgan fingerprint density at radius 2 is 2.25 bits per heavy atom. The van der Waals surface area contributed by atoms with Crippen molar-refractivity contribution >= 4 is 11.3 Å². The highest BCUT2D eigenvalue weighted by molar-refractivity contribution is 7.11. The molecule has 1 atom stereocenters. The lowest BCUT2D eigenvalue weighted by Gasteiger charge is -2.24. The zero-order chi connectivity index (χ0) is 11.6. The SMILES string of the molecule is CCc1nc(C2(N)CCCOCC2)sc1C. The van der Waals surface area contributed by atoms with Crippen LogP contribution < -0.4 is 5.73 Å². The smallest absolute Gasteiger partial charge is 0.113 e. The largest absolute Gasteiger partial charge is 0.381 e. The Morgan fingerprint density at radius 3 is 2.94 bits per heavy atom. The van der Waals surface area contributed by atoms with E-state index < -0.39 is 0 Å². The fraction of sp³-hybridized carbons (Fsp3) is 0.750. The van der Waals surface area contributed by atoms with Gasteiger partial charge < -0.3 is 10.5 Å². The van der Waals surface area contributed by atoms with Crippen LogP contribution in [0.4, 0.5) is 0 Å². The molecule has 0 aromatic carbocycles. The van der Waals surface area contributed by atoms with Crippen LogP contribution in [0, 0.1) is 6.92 Å². The molecule has 1 unspecified atom stereocenters. The molecule has 0 aliphatic carbocycles. The van der Waals surface area contributed by atoms with Gasteiger partial charge in [-0.25, -0.2) is 4.98 Å². The van der Waals surface area contributed by atoms with Crippen molar-refractivity contribution in [2.24, 2.45) is 5.73 Å². The monoisotopic (exact) mass is 240 g/mol. The van der Waals surface area contributed by atoms with Crippen LogP contribution in [0.3, 0.4) is 0 Å². The first-order chi connectivity index (χ1) is 7.65. The van der Waals surface area contributed by atoms with E-state index in [1.807, 2.05) is 0 Å². The molecule has 1 aromatic heterocycles. The quantitative estimate of drug-likeness (QED) is 0.863. The third-order valence-corrected chi connectivity index (χ3v) is 4.49. The van der Waals surface area contributed by atoms with Crippen LogP contribution in [0.15, 0.2) is 0 Å². The maximum Gasteiger partial charge on any atom is 0.113 e. The van der Waals surface area contributed by atoms with E-state index in [4.69, 9.17) is 15.5 Å². The van der Waals surface area contributed by atoms with Crippen LogP contribution in [-0.4, -0.2) is 18.2 Å². The van der Waals surface area contributed by atoms with Crippen LogP contribution in [0.25, 0.3) is 0 Å². The van der Waals surface area contributed by atoms with E-state index in [1.54, 1.807) is 11.3 Å². The molecule has 0 spiro atoms. The lowest BCUT2D eigenvalue weighted by atomic mass is 9.93. The summed E-state index contributed by atoms with van der Waals surface area (Å²) in [5.41, 5.74) is 7.44. The predicted octanol–water partition coefficient (Wildman–Crippen LogP) is 2.37. The second kappa shape index (κ2) is 4.82. The van der Waals surface area contributed by atoms with Gasteiger partial charge in [0.15, 0.2) is 0 Å². The topological polar surface area (TPSA) is 48.1 Å². The molecule has 1 aliphatic heterocycles. The van der Waals surface area contributed by atoms with E-state index >= 15 is 0 Å². The van der Waals surface area contributed by atoms with E-state index in [0.29, 0.717) is 0 Å². The molecule has 2 N–H and O–H groups in total. The van der Waals surface area contributed by atoms with Crippen molar-refractivity contribution in [3.05, 3.63) is 15.6 Å². The zero-order valence-electron chi connectivity index (χ0n) is 10.1. The summed E-state index contributed by atoms with van der Waals surface area (Å²) < 4.78 is 5.47. The molecule has 1 aromatic rings. The van der Waals surface area contributed by atoms with Gasteiger partial charge >= 0.3 is 0 Å². The van der Waals surface area contributed by atoms with Crippen molar-refractivity contribution in [3.63, 3.8) is 0 Å². The van der Waals surface area contributed by atoms with Gasteiger partial charge in [0, 0.05) is 18.1 Å². The second-order valence-corrected chi connectivity index (χ2v) is 5.70. The van der Waals surface area contributed by atoms with Crippen LogP contribution in [0.5, 0.6) is 0 Å². The second-order valence-electron chi connectivity index (χ2n) is 4.50. The predicted molar refractivity (Wildman–Crippen MR) is 66.8 cm³/mol. The normalized spacial score (nSPS) is 26.7.